The molecule has 408 valence electrons. The number of carbonyl (C=O) groups excluding carboxylic acids is 2. The second kappa shape index (κ2) is 58.9. The van der Waals surface area contributed by atoms with Crippen molar-refractivity contribution >= 4 is 11.9 Å². The molecule has 0 bridgehead atoms. The Balaban J connectivity index is 3.44. The zero-order valence-electron chi connectivity index (χ0n) is 46.6. The van der Waals surface area contributed by atoms with Crippen molar-refractivity contribution in [2.75, 3.05) is 13.2 Å². The van der Waals surface area contributed by atoms with E-state index in [0.717, 1.165) is 44.9 Å². The number of unbranched alkanes of at least 4 members (excludes halogenated alkanes) is 45. The highest BCUT2D eigenvalue weighted by Gasteiger charge is 2.18. The molecule has 6 heteroatoms. The van der Waals surface area contributed by atoms with Gasteiger partial charge in [-0.25, -0.2) is 0 Å². The van der Waals surface area contributed by atoms with Crippen LogP contribution in [0.5, 0.6) is 0 Å². The van der Waals surface area contributed by atoms with E-state index in [4.69, 9.17) is 4.74 Å². The van der Waals surface area contributed by atoms with Crippen molar-refractivity contribution in [1.29, 1.82) is 0 Å². The molecule has 0 heterocycles. The largest absolute Gasteiger partial charge is 0.466 e. The van der Waals surface area contributed by atoms with Gasteiger partial charge in [-0.15, -0.1) is 0 Å². The van der Waals surface area contributed by atoms with E-state index in [1.54, 1.807) is 6.08 Å². The summed E-state index contributed by atoms with van der Waals surface area (Å²) in [7, 11) is 0. The number of carbonyl (C=O) groups is 2. The molecule has 0 fully saturated rings. The lowest BCUT2D eigenvalue weighted by Gasteiger charge is -2.20. The van der Waals surface area contributed by atoms with E-state index in [0.29, 0.717) is 19.4 Å². The normalized spacial score (nSPS) is 12.7. The number of hydrogen-bond acceptors (Lipinski definition) is 5. The predicted molar refractivity (Wildman–Crippen MR) is 301 cm³/mol. The first kappa shape index (κ1) is 67.3. The van der Waals surface area contributed by atoms with Gasteiger partial charge in [-0.05, 0) is 57.8 Å². The highest BCUT2D eigenvalue weighted by atomic mass is 16.5. The Bertz CT molecular complexity index is 1080. The Labute approximate surface area is 431 Å². The smallest absolute Gasteiger partial charge is 0.305 e. The van der Waals surface area contributed by atoms with E-state index in [1.807, 2.05) is 6.08 Å². The van der Waals surface area contributed by atoms with E-state index >= 15 is 0 Å². The quantitative estimate of drug-likeness (QED) is 0.0321. The third-order valence-electron chi connectivity index (χ3n) is 14.5. The maximum absolute atomic E-state index is 12.5. The highest BCUT2D eigenvalue weighted by Crippen LogP contribution is 2.17. The average Bonchev–Trinajstić information content (AvgIpc) is 3.35. The monoisotopic (exact) mass is 972 g/mol. The number of nitrogens with one attached hydrogen (secondary N) is 1. The SMILES string of the molecule is CCCCCCCCC/C=C\CCCCCCCC(=O)OCCCCCCCCCCCCCCCCCCCC(=O)NC(CO)C(O)/C=C/CCCCCCCCCCCCCCCCCCC. The van der Waals surface area contributed by atoms with Crippen LogP contribution in [0.2, 0.25) is 0 Å². The summed E-state index contributed by atoms with van der Waals surface area (Å²) >= 11 is 0. The van der Waals surface area contributed by atoms with Crippen LogP contribution in [0.1, 0.15) is 341 Å². The Hall–Kier alpha value is -1.66. The summed E-state index contributed by atoms with van der Waals surface area (Å²) in [5, 5.41) is 23.2. The van der Waals surface area contributed by atoms with Crippen LogP contribution in [0.15, 0.2) is 24.3 Å². The van der Waals surface area contributed by atoms with Gasteiger partial charge in [0, 0.05) is 12.8 Å². The van der Waals surface area contributed by atoms with Gasteiger partial charge >= 0.3 is 5.97 Å². The first-order chi connectivity index (χ1) is 34.0. The molecule has 0 radical (unpaired) electrons. The van der Waals surface area contributed by atoms with Gasteiger partial charge in [-0.1, -0.05) is 295 Å². The molecule has 0 spiro atoms. The minimum atomic E-state index is -0.849. The summed E-state index contributed by atoms with van der Waals surface area (Å²) in [6.45, 7) is 4.91. The van der Waals surface area contributed by atoms with Crippen LogP contribution in [-0.2, 0) is 14.3 Å². The van der Waals surface area contributed by atoms with Gasteiger partial charge in [0.15, 0.2) is 0 Å². The molecule has 0 rings (SSSR count). The van der Waals surface area contributed by atoms with E-state index in [-0.39, 0.29) is 18.5 Å². The molecule has 69 heavy (non-hydrogen) atoms. The molecule has 2 atom stereocenters. The van der Waals surface area contributed by atoms with Crippen LogP contribution in [0.4, 0.5) is 0 Å². The molecule has 0 aromatic carbocycles. The average molecular weight is 973 g/mol. The maximum atomic E-state index is 12.5. The van der Waals surface area contributed by atoms with Gasteiger partial charge in [-0.2, -0.15) is 0 Å². The fourth-order valence-electron chi connectivity index (χ4n) is 9.69. The lowest BCUT2D eigenvalue weighted by atomic mass is 10.0. The van der Waals surface area contributed by atoms with E-state index in [1.165, 1.54) is 270 Å². The Morgan fingerprint density at radius 3 is 1.03 bits per heavy atom. The van der Waals surface area contributed by atoms with Crippen LogP contribution in [0, 0.1) is 0 Å². The number of hydrogen-bond donors (Lipinski definition) is 3. The second-order valence-corrected chi connectivity index (χ2v) is 21.4. The summed E-state index contributed by atoms with van der Waals surface area (Å²) in [6, 6.07) is -0.632. The third-order valence-corrected chi connectivity index (χ3v) is 14.5. The summed E-state index contributed by atoms with van der Waals surface area (Å²) < 4.78 is 5.48. The van der Waals surface area contributed by atoms with E-state index < -0.39 is 12.1 Å². The van der Waals surface area contributed by atoms with Crippen molar-refractivity contribution in [2.24, 2.45) is 0 Å². The minimum absolute atomic E-state index is 0.00235. The summed E-state index contributed by atoms with van der Waals surface area (Å²) in [4.78, 5) is 24.6. The van der Waals surface area contributed by atoms with Gasteiger partial charge in [0.2, 0.25) is 5.91 Å². The molecular formula is C63H121NO5. The van der Waals surface area contributed by atoms with E-state index in [9.17, 15) is 19.8 Å². The van der Waals surface area contributed by atoms with Gasteiger partial charge in [0.1, 0.15) is 0 Å². The summed E-state index contributed by atoms with van der Waals surface area (Å²) in [5.74, 6) is -0.0730. The Morgan fingerprint density at radius 2 is 0.681 bits per heavy atom. The zero-order chi connectivity index (χ0) is 50.0. The van der Waals surface area contributed by atoms with Crippen LogP contribution in [-0.4, -0.2) is 47.4 Å². The van der Waals surface area contributed by atoms with Crippen molar-refractivity contribution in [3.8, 4) is 0 Å². The predicted octanol–water partition coefficient (Wildman–Crippen LogP) is 19.4. The number of rotatable bonds is 58. The molecule has 2 unspecified atom stereocenters. The molecule has 0 aliphatic rings. The molecule has 0 saturated heterocycles. The van der Waals surface area contributed by atoms with Crippen molar-refractivity contribution in [2.45, 2.75) is 353 Å². The first-order valence-electron chi connectivity index (χ1n) is 31.1. The molecular weight excluding hydrogens is 851 g/mol. The fourth-order valence-corrected chi connectivity index (χ4v) is 9.69. The van der Waals surface area contributed by atoms with Crippen LogP contribution in [0.25, 0.3) is 0 Å². The fraction of sp³-hybridized carbons (Fsp3) is 0.905. The summed E-state index contributed by atoms with van der Waals surface area (Å²) in [6.07, 6.45) is 72.1. The van der Waals surface area contributed by atoms with Gasteiger partial charge < -0.3 is 20.3 Å². The van der Waals surface area contributed by atoms with Crippen molar-refractivity contribution in [3.05, 3.63) is 24.3 Å². The van der Waals surface area contributed by atoms with Crippen LogP contribution < -0.4 is 5.32 Å². The summed E-state index contributed by atoms with van der Waals surface area (Å²) in [5.41, 5.74) is 0. The maximum Gasteiger partial charge on any atom is 0.305 e. The molecule has 0 aliphatic heterocycles. The number of esters is 1. The van der Waals surface area contributed by atoms with Gasteiger partial charge in [0.05, 0.1) is 25.4 Å². The van der Waals surface area contributed by atoms with Gasteiger partial charge in [0.25, 0.3) is 0 Å². The van der Waals surface area contributed by atoms with Crippen LogP contribution in [0.3, 0.4) is 0 Å². The minimum Gasteiger partial charge on any atom is -0.466 e. The molecule has 3 N–H and O–H groups in total. The lowest BCUT2D eigenvalue weighted by Crippen LogP contribution is -2.45. The van der Waals surface area contributed by atoms with Gasteiger partial charge in [-0.3, -0.25) is 9.59 Å². The molecule has 0 saturated carbocycles. The lowest BCUT2D eigenvalue weighted by molar-refractivity contribution is -0.143. The standard InChI is InChI=1S/C63H121NO5/c1-3-5-7-9-11-13-15-17-19-21-22-24-27-31-35-39-43-47-51-55-61(66)60(59-65)64-62(67)56-52-48-44-40-36-32-28-25-23-26-30-34-38-42-46-50-54-58-69-63(68)57-53-49-45-41-37-33-29-20-18-16-14-12-10-8-6-4-2/h20,29,51,55,60-61,65-66H,3-19,21-28,30-50,52-54,56-59H2,1-2H3,(H,64,67)/b29-20-,55-51+. The Morgan fingerprint density at radius 1 is 0.391 bits per heavy atom. The molecule has 1 amide bonds. The number of allylic oxidation sites excluding steroid dienone is 3. The topological polar surface area (TPSA) is 95.9 Å². The number of aliphatic hydroxyl groups is 2. The zero-order valence-corrected chi connectivity index (χ0v) is 46.6. The van der Waals surface area contributed by atoms with Crippen molar-refractivity contribution < 1.29 is 24.5 Å². The molecule has 6 nitrogen and oxygen atoms in total. The number of amides is 1. The van der Waals surface area contributed by atoms with Crippen LogP contribution >= 0.6 is 0 Å². The second-order valence-electron chi connectivity index (χ2n) is 21.4. The first-order valence-corrected chi connectivity index (χ1v) is 31.1. The molecule has 0 aromatic heterocycles. The number of aliphatic hydroxyl groups excluding tert-OH is 2. The van der Waals surface area contributed by atoms with Crippen molar-refractivity contribution in [1.82, 2.24) is 5.32 Å². The molecule has 0 aliphatic carbocycles. The molecule has 0 aromatic rings. The van der Waals surface area contributed by atoms with Crippen molar-refractivity contribution in [3.63, 3.8) is 0 Å². The Kier molecular flexibility index (Phi) is 57.5. The van der Waals surface area contributed by atoms with E-state index in [2.05, 4.69) is 31.3 Å². The number of ether oxygens (including phenoxy) is 1. The third kappa shape index (κ3) is 55.5. The highest BCUT2D eigenvalue weighted by molar-refractivity contribution is 5.76.